The first-order valence-electron chi connectivity index (χ1n) is 10.1. The molecule has 1 saturated heterocycles. The first-order valence-corrected chi connectivity index (χ1v) is 10.1. The number of nitrogen functional groups attached to an aromatic ring is 1. The van der Waals surface area contributed by atoms with E-state index in [4.69, 9.17) is 11.1 Å². The van der Waals surface area contributed by atoms with Gasteiger partial charge in [-0.2, -0.15) is 4.73 Å². The molecule has 170 valence electrons. The molecule has 1 unspecified atom stereocenters. The highest BCUT2D eigenvalue weighted by Crippen LogP contribution is 2.28. The molecule has 4 N–H and O–H groups in total. The quantitative estimate of drug-likeness (QED) is 0.179. The molecule has 33 heavy (non-hydrogen) atoms. The summed E-state index contributed by atoms with van der Waals surface area (Å²) in [6.45, 7) is 2.19. The topological polar surface area (TPSA) is 146 Å². The molecule has 1 fully saturated rings. The van der Waals surface area contributed by atoms with Crippen molar-refractivity contribution in [3.63, 3.8) is 0 Å². The number of piperazine rings is 1. The number of amidine groups is 1. The smallest absolute Gasteiger partial charge is 0.295 e. The Bertz CT molecular complexity index is 1290. The van der Waals surface area contributed by atoms with Crippen molar-refractivity contribution in [2.75, 3.05) is 19.6 Å². The zero-order valence-corrected chi connectivity index (χ0v) is 17.7. The number of benzene rings is 1. The molecule has 1 aliphatic heterocycles. The zero-order chi connectivity index (χ0) is 23.9. The summed E-state index contributed by atoms with van der Waals surface area (Å²) in [7, 11) is 0. The fourth-order valence-electron chi connectivity index (χ4n) is 4.04. The monoisotopic (exact) mass is 452 g/mol. The average Bonchev–Trinajstić information content (AvgIpc) is 3.16. The molecule has 3 heterocycles. The molecule has 11 heteroatoms. The Kier molecular flexibility index (Phi) is 5.54. The van der Waals surface area contributed by atoms with Gasteiger partial charge in [-0.05, 0) is 31.2 Å². The number of rotatable bonds is 4. The molecular weight excluding hydrogens is 431 g/mol. The lowest BCUT2D eigenvalue weighted by Crippen LogP contribution is -2.56. The Labute approximate surface area is 187 Å². The van der Waals surface area contributed by atoms with Crippen LogP contribution in [-0.4, -0.2) is 73.8 Å². The summed E-state index contributed by atoms with van der Waals surface area (Å²) >= 11 is 0. The molecule has 4 rings (SSSR count). The van der Waals surface area contributed by atoms with Crippen LogP contribution in [0.2, 0.25) is 0 Å². The van der Waals surface area contributed by atoms with Crippen molar-refractivity contribution in [2.45, 2.75) is 13.0 Å². The average molecular weight is 452 g/mol. The number of fused-ring (bicyclic) bond motifs is 1. The number of aromatic nitrogens is 2. The van der Waals surface area contributed by atoms with Gasteiger partial charge in [0, 0.05) is 37.4 Å². The van der Waals surface area contributed by atoms with Crippen molar-refractivity contribution < 1.29 is 24.0 Å². The third-order valence-corrected chi connectivity index (χ3v) is 5.67. The van der Waals surface area contributed by atoms with E-state index in [1.165, 1.54) is 17.2 Å². The van der Waals surface area contributed by atoms with Gasteiger partial charge in [-0.3, -0.25) is 24.8 Å². The number of hydrogen-bond acceptors (Lipinski definition) is 6. The summed E-state index contributed by atoms with van der Waals surface area (Å²) in [5.74, 6) is -3.43. The number of carbonyl (C=O) groups is 3. The first kappa shape index (κ1) is 21.9. The second-order valence-electron chi connectivity index (χ2n) is 7.76. The minimum Gasteiger partial charge on any atom is -0.428 e. The lowest BCUT2D eigenvalue weighted by atomic mass is 10.0. The van der Waals surface area contributed by atoms with Crippen molar-refractivity contribution in [2.24, 2.45) is 5.73 Å². The largest absolute Gasteiger partial charge is 0.428 e. The van der Waals surface area contributed by atoms with Crippen LogP contribution in [-0.2, 0) is 4.79 Å². The Balaban J connectivity index is 1.58. The van der Waals surface area contributed by atoms with Crippen LogP contribution in [0.5, 0.6) is 0 Å². The number of pyridine rings is 1. The molecule has 1 aliphatic rings. The molecule has 10 nitrogen and oxygen atoms in total. The van der Waals surface area contributed by atoms with Crippen LogP contribution in [0.3, 0.4) is 0 Å². The summed E-state index contributed by atoms with van der Waals surface area (Å²) in [6.07, 6.45) is 2.45. The number of hydrogen-bond donors (Lipinski definition) is 3. The molecule has 2 amide bonds. The van der Waals surface area contributed by atoms with Crippen LogP contribution in [0, 0.1) is 11.2 Å². The molecule has 0 spiro atoms. The molecule has 1 atom stereocenters. The second kappa shape index (κ2) is 8.34. The van der Waals surface area contributed by atoms with Crippen molar-refractivity contribution in [3.8, 4) is 0 Å². The maximum atomic E-state index is 14.6. The van der Waals surface area contributed by atoms with E-state index in [0.29, 0.717) is 4.73 Å². The fraction of sp³-hybridized carbons (Fsp3) is 0.227. The number of ketones is 1. The van der Waals surface area contributed by atoms with Crippen molar-refractivity contribution >= 4 is 34.3 Å². The van der Waals surface area contributed by atoms with Gasteiger partial charge in [-0.25, -0.2) is 4.39 Å². The number of amides is 2. The number of Topliss-reactive ketones (excluding diaryl/α,β-unsaturated/α-hetero) is 1. The first-order chi connectivity index (χ1) is 15.7. The Morgan fingerprint density at radius 3 is 2.58 bits per heavy atom. The van der Waals surface area contributed by atoms with Crippen LogP contribution in [0.15, 0.2) is 42.7 Å². The van der Waals surface area contributed by atoms with Gasteiger partial charge < -0.3 is 20.7 Å². The number of nitrogens with one attached hydrogen (secondary N) is 1. The number of halogens is 1. The molecule has 0 saturated carbocycles. The van der Waals surface area contributed by atoms with Gasteiger partial charge in [0.05, 0.1) is 17.1 Å². The number of carbonyl (C=O) groups excluding carboxylic acids is 3. The maximum Gasteiger partial charge on any atom is 0.295 e. The zero-order valence-electron chi connectivity index (χ0n) is 17.7. The van der Waals surface area contributed by atoms with Gasteiger partial charge in [-0.1, -0.05) is 6.07 Å². The summed E-state index contributed by atoms with van der Waals surface area (Å²) in [4.78, 5) is 45.6. The highest BCUT2D eigenvalue weighted by Gasteiger charge is 2.35. The van der Waals surface area contributed by atoms with E-state index in [0.717, 1.165) is 12.3 Å². The fourth-order valence-corrected chi connectivity index (χ4v) is 4.04. The van der Waals surface area contributed by atoms with Gasteiger partial charge >= 0.3 is 0 Å². The predicted molar refractivity (Wildman–Crippen MR) is 116 cm³/mol. The normalized spacial score (nSPS) is 16.1. The third kappa shape index (κ3) is 3.77. The van der Waals surface area contributed by atoms with E-state index in [1.807, 2.05) is 0 Å². The van der Waals surface area contributed by atoms with E-state index >= 15 is 0 Å². The Morgan fingerprint density at radius 1 is 1.18 bits per heavy atom. The molecule has 1 aromatic carbocycles. The highest BCUT2D eigenvalue weighted by atomic mass is 19.1. The number of nitrogens with zero attached hydrogens (tertiary/aromatic N) is 4. The van der Waals surface area contributed by atoms with Crippen LogP contribution in [0.1, 0.15) is 33.3 Å². The summed E-state index contributed by atoms with van der Waals surface area (Å²) < 4.78 is 15.1. The molecule has 3 aromatic rings. The molecule has 0 bridgehead atoms. The van der Waals surface area contributed by atoms with Crippen molar-refractivity contribution in [1.29, 1.82) is 5.41 Å². The lowest BCUT2D eigenvalue weighted by Gasteiger charge is -2.39. The van der Waals surface area contributed by atoms with E-state index < -0.39 is 29.4 Å². The predicted octanol–water partition coefficient (Wildman–Crippen LogP) is 1.25. The lowest BCUT2D eigenvalue weighted by molar-refractivity contribution is -0.130. The van der Waals surface area contributed by atoms with Gasteiger partial charge in [0.15, 0.2) is 0 Å². The molecule has 2 aromatic heterocycles. The van der Waals surface area contributed by atoms with Crippen LogP contribution in [0.25, 0.3) is 10.9 Å². The second-order valence-corrected chi connectivity index (χ2v) is 7.76. The summed E-state index contributed by atoms with van der Waals surface area (Å²) in [6, 6.07) is 6.75. The van der Waals surface area contributed by atoms with Gasteiger partial charge in [0.1, 0.15) is 22.9 Å². The minimum absolute atomic E-state index is 0.0235. The standard InChI is InChI=1S/C22H21FN6O4/c1-12-10-27(21(31)16-4-2-3-7-26-16)8-9-28(12)22(32)19(30)14-11-29(33)18-13(20(24)25)5-6-15(23)17(14)18/h2-7,11-12,33H,8-10H2,1H3,(H3,24,25). The van der Waals surface area contributed by atoms with Crippen LogP contribution < -0.4 is 5.73 Å². The molecule has 0 radical (unpaired) electrons. The maximum absolute atomic E-state index is 14.6. The van der Waals surface area contributed by atoms with E-state index in [9.17, 15) is 24.0 Å². The summed E-state index contributed by atoms with van der Waals surface area (Å²) in [5, 5.41) is 17.5. The van der Waals surface area contributed by atoms with Crippen molar-refractivity contribution in [3.05, 3.63) is 65.4 Å². The van der Waals surface area contributed by atoms with E-state index in [-0.39, 0.29) is 53.3 Å². The van der Waals surface area contributed by atoms with E-state index in [2.05, 4.69) is 4.98 Å². The van der Waals surface area contributed by atoms with Crippen LogP contribution >= 0.6 is 0 Å². The van der Waals surface area contributed by atoms with E-state index in [1.54, 1.807) is 30.0 Å². The Hall–Kier alpha value is -4.28. The molecule has 0 aliphatic carbocycles. The summed E-state index contributed by atoms with van der Waals surface area (Å²) in [5.41, 5.74) is 5.30. The van der Waals surface area contributed by atoms with Crippen LogP contribution in [0.4, 0.5) is 4.39 Å². The SMILES string of the molecule is CC1CN(C(=O)c2ccccn2)CCN1C(=O)C(=O)c1cn(O)c2c(C(=N)N)ccc(F)c12. The van der Waals surface area contributed by atoms with Gasteiger partial charge in [-0.15, -0.1) is 0 Å². The van der Waals surface area contributed by atoms with Gasteiger partial charge in [0.2, 0.25) is 0 Å². The highest BCUT2D eigenvalue weighted by molar-refractivity contribution is 6.45. The van der Waals surface area contributed by atoms with Crippen molar-refractivity contribution in [1.82, 2.24) is 19.5 Å². The molecular formula is C22H21FN6O4. The number of nitrogens with two attached hydrogens (primary N) is 1. The van der Waals surface area contributed by atoms with Gasteiger partial charge in [0.25, 0.3) is 17.6 Å². The minimum atomic E-state index is -1.01. The Morgan fingerprint density at radius 2 is 1.94 bits per heavy atom. The third-order valence-electron chi connectivity index (χ3n) is 5.67.